The molecule has 0 aliphatic rings. The van der Waals surface area contributed by atoms with E-state index in [2.05, 4.69) is 6.07 Å². The fraction of sp³-hybridized carbons (Fsp3) is 0.364. The molecule has 74 valence electrons. The first-order valence-corrected chi connectivity index (χ1v) is 4.64. The summed E-state index contributed by atoms with van der Waals surface area (Å²) in [6.45, 7) is 3.77. The first-order chi connectivity index (χ1) is 6.49. The van der Waals surface area contributed by atoms with Crippen LogP contribution in [-0.4, -0.2) is 7.11 Å². The highest BCUT2D eigenvalue weighted by Crippen LogP contribution is 2.30. The van der Waals surface area contributed by atoms with E-state index in [0.29, 0.717) is 11.3 Å². The first-order valence-electron chi connectivity index (χ1n) is 4.26. The third-order valence-electron chi connectivity index (χ3n) is 2.01. The van der Waals surface area contributed by atoms with E-state index in [9.17, 15) is 0 Å². The van der Waals surface area contributed by atoms with Crippen LogP contribution in [0.25, 0.3) is 0 Å². The molecule has 0 amide bonds. The highest BCUT2D eigenvalue weighted by molar-refractivity contribution is 6.23. The number of halogens is 1. The molecule has 1 rings (SSSR count). The Morgan fingerprint density at radius 3 is 2.50 bits per heavy atom. The van der Waals surface area contributed by atoms with E-state index >= 15 is 0 Å². The Morgan fingerprint density at radius 2 is 2.07 bits per heavy atom. The lowest BCUT2D eigenvalue weighted by atomic mass is 10.00. The van der Waals surface area contributed by atoms with E-state index in [0.717, 1.165) is 5.56 Å². The van der Waals surface area contributed by atoms with Crippen molar-refractivity contribution in [3.63, 3.8) is 0 Å². The van der Waals surface area contributed by atoms with Gasteiger partial charge < -0.3 is 4.74 Å². The summed E-state index contributed by atoms with van der Waals surface area (Å²) in [7, 11) is 1.54. The van der Waals surface area contributed by atoms with E-state index in [1.807, 2.05) is 19.9 Å². The average Bonchev–Trinajstić information content (AvgIpc) is 2.15. The number of methoxy groups -OCH3 is 1. The monoisotopic (exact) mass is 209 g/mol. The van der Waals surface area contributed by atoms with Crippen LogP contribution in [0.4, 0.5) is 0 Å². The molecule has 1 aromatic rings. The second-order valence-corrected chi connectivity index (χ2v) is 4.44. The molecule has 0 fully saturated rings. The second kappa shape index (κ2) is 3.89. The van der Waals surface area contributed by atoms with Gasteiger partial charge in [0.25, 0.3) is 0 Å². The van der Waals surface area contributed by atoms with Gasteiger partial charge in [0.2, 0.25) is 0 Å². The topological polar surface area (TPSA) is 33.0 Å². The van der Waals surface area contributed by atoms with Gasteiger partial charge >= 0.3 is 0 Å². The fourth-order valence-electron chi connectivity index (χ4n) is 1.17. The Hall–Kier alpha value is -1.20. The van der Waals surface area contributed by atoms with Crippen LogP contribution in [0.5, 0.6) is 5.75 Å². The summed E-state index contributed by atoms with van der Waals surface area (Å²) in [5.41, 5.74) is 1.43. The lowest BCUT2D eigenvalue weighted by Crippen LogP contribution is -2.07. The number of rotatable bonds is 2. The molecule has 0 saturated carbocycles. The van der Waals surface area contributed by atoms with Crippen LogP contribution in [0, 0.1) is 11.3 Å². The maximum Gasteiger partial charge on any atom is 0.136 e. The normalized spacial score (nSPS) is 10.8. The Morgan fingerprint density at radius 1 is 1.43 bits per heavy atom. The van der Waals surface area contributed by atoms with Crippen molar-refractivity contribution < 1.29 is 4.74 Å². The number of alkyl halides is 1. The van der Waals surface area contributed by atoms with Gasteiger partial charge in [0.1, 0.15) is 11.8 Å². The summed E-state index contributed by atoms with van der Waals surface area (Å²) < 4.78 is 5.04. The molecule has 0 unspecified atom stereocenters. The molecule has 3 heteroatoms. The van der Waals surface area contributed by atoms with Crippen LogP contribution >= 0.6 is 11.6 Å². The first kappa shape index (κ1) is 10.9. The SMILES string of the molecule is COc1ccc(C(C)(C)Cl)cc1C#N. The molecule has 0 saturated heterocycles. The summed E-state index contributed by atoms with van der Waals surface area (Å²) in [5.74, 6) is 0.581. The van der Waals surface area contributed by atoms with Crippen LogP contribution in [0.2, 0.25) is 0 Å². The maximum absolute atomic E-state index is 8.87. The van der Waals surface area contributed by atoms with E-state index in [1.165, 1.54) is 0 Å². The third-order valence-corrected chi connectivity index (χ3v) is 2.22. The molecule has 0 atom stereocenters. The van der Waals surface area contributed by atoms with Gasteiger partial charge in [-0.2, -0.15) is 5.26 Å². The van der Waals surface area contributed by atoms with Gasteiger partial charge in [-0.25, -0.2) is 0 Å². The molecule has 0 heterocycles. The number of hydrogen-bond acceptors (Lipinski definition) is 2. The quantitative estimate of drug-likeness (QED) is 0.702. The zero-order valence-electron chi connectivity index (χ0n) is 8.47. The zero-order chi connectivity index (χ0) is 10.8. The lowest BCUT2D eigenvalue weighted by Gasteiger charge is -2.17. The molecule has 2 nitrogen and oxygen atoms in total. The van der Waals surface area contributed by atoms with Gasteiger partial charge in [0.15, 0.2) is 0 Å². The summed E-state index contributed by atoms with van der Waals surface area (Å²) in [6, 6.07) is 7.46. The largest absolute Gasteiger partial charge is 0.495 e. The molecule has 0 radical (unpaired) electrons. The van der Waals surface area contributed by atoms with Crippen LogP contribution in [0.1, 0.15) is 25.0 Å². The van der Waals surface area contributed by atoms with Gasteiger partial charge in [-0.1, -0.05) is 6.07 Å². The van der Waals surface area contributed by atoms with Crippen molar-refractivity contribution >= 4 is 11.6 Å². The van der Waals surface area contributed by atoms with Crippen LogP contribution in [0.15, 0.2) is 18.2 Å². The highest BCUT2D eigenvalue weighted by Gasteiger charge is 2.17. The average molecular weight is 210 g/mol. The molecule has 0 aliphatic heterocycles. The summed E-state index contributed by atoms with van der Waals surface area (Å²) in [4.78, 5) is -0.460. The second-order valence-electron chi connectivity index (χ2n) is 3.50. The molecule has 14 heavy (non-hydrogen) atoms. The molecule has 1 aromatic carbocycles. The minimum atomic E-state index is -0.460. The Kier molecular flexibility index (Phi) is 3.03. The van der Waals surface area contributed by atoms with E-state index in [-0.39, 0.29) is 0 Å². The summed E-state index contributed by atoms with van der Waals surface area (Å²) in [6.07, 6.45) is 0. The van der Waals surface area contributed by atoms with Crippen molar-refractivity contribution in [2.24, 2.45) is 0 Å². The number of nitriles is 1. The molecule has 0 aliphatic carbocycles. The number of hydrogen-bond donors (Lipinski definition) is 0. The van der Waals surface area contributed by atoms with Gasteiger partial charge in [0, 0.05) is 0 Å². The maximum atomic E-state index is 8.87. The molecule has 0 bridgehead atoms. The van der Waals surface area contributed by atoms with Crippen molar-refractivity contribution in [1.82, 2.24) is 0 Å². The van der Waals surface area contributed by atoms with Gasteiger partial charge in [-0.15, -0.1) is 11.6 Å². The molecular weight excluding hydrogens is 198 g/mol. The van der Waals surface area contributed by atoms with Crippen molar-refractivity contribution in [2.45, 2.75) is 18.7 Å². The molecule has 0 N–H and O–H groups in total. The molecule has 0 spiro atoms. The number of nitrogens with zero attached hydrogens (tertiary/aromatic N) is 1. The number of ether oxygens (including phenoxy) is 1. The minimum Gasteiger partial charge on any atom is -0.495 e. The predicted octanol–water partition coefficient (Wildman–Crippen LogP) is 3.04. The van der Waals surface area contributed by atoms with Gasteiger partial charge in [-0.05, 0) is 31.5 Å². The minimum absolute atomic E-state index is 0.460. The van der Waals surface area contributed by atoms with Gasteiger partial charge in [-0.3, -0.25) is 0 Å². The van der Waals surface area contributed by atoms with E-state index < -0.39 is 4.87 Å². The van der Waals surface area contributed by atoms with Gasteiger partial charge in [0.05, 0.1) is 17.5 Å². The summed E-state index contributed by atoms with van der Waals surface area (Å²) >= 11 is 6.13. The third kappa shape index (κ3) is 2.18. The van der Waals surface area contributed by atoms with E-state index in [1.54, 1.807) is 19.2 Å². The summed E-state index contributed by atoms with van der Waals surface area (Å²) in [5, 5.41) is 8.87. The molecular formula is C11H12ClNO. The smallest absolute Gasteiger partial charge is 0.136 e. The Balaban J connectivity index is 3.23. The standard InChI is InChI=1S/C11H12ClNO/c1-11(2,12)9-4-5-10(14-3)8(6-9)7-13/h4-6H,1-3H3. The predicted molar refractivity (Wildman–Crippen MR) is 56.6 cm³/mol. The highest BCUT2D eigenvalue weighted by atomic mass is 35.5. The van der Waals surface area contributed by atoms with Crippen LogP contribution in [0.3, 0.4) is 0 Å². The number of benzene rings is 1. The lowest BCUT2D eigenvalue weighted by molar-refractivity contribution is 0.413. The zero-order valence-corrected chi connectivity index (χ0v) is 9.22. The van der Waals surface area contributed by atoms with Crippen molar-refractivity contribution in [3.05, 3.63) is 29.3 Å². The molecule has 0 aromatic heterocycles. The Bertz CT molecular complexity index is 374. The Labute approximate surface area is 89.1 Å². The fourth-order valence-corrected chi connectivity index (χ4v) is 1.28. The van der Waals surface area contributed by atoms with Crippen molar-refractivity contribution in [2.75, 3.05) is 7.11 Å². The van der Waals surface area contributed by atoms with Crippen molar-refractivity contribution in [1.29, 1.82) is 5.26 Å². The van der Waals surface area contributed by atoms with Crippen LogP contribution < -0.4 is 4.74 Å². The van der Waals surface area contributed by atoms with Crippen LogP contribution in [-0.2, 0) is 4.87 Å². The van der Waals surface area contributed by atoms with Crippen molar-refractivity contribution in [3.8, 4) is 11.8 Å². The van der Waals surface area contributed by atoms with E-state index in [4.69, 9.17) is 21.6 Å².